The van der Waals surface area contributed by atoms with Crippen molar-refractivity contribution in [2.24, 2.45) is 0 Å². The fourth-order valence-electron chi connectivity index (χ4n) is 2.91. The Morgan fingerprint density at radius 3 is 2.19 bits per heavy atom. The summed E-state index contributed by atoms with van der Waals surface area (Å²) in [5.41, 5.74) is 0.525. The van der Waals surface area contributed by atoms with Crippen LogP contribution in [0.25, 0.3) is 0 Å². The first-order chi connectivity index (χ1) is 12.6. The molecule has 1 heterocycles. The van der Waals surface area contributed by atoms with E-state index in [4.69, 9.17) is 18.9 Å². The van der Waals surface area contributed by atoms with Crippen molar-refractivity contribution in [3.8, 4) is 17.2 Å². The summed E-state index contributed by atoms with van der Waals surface area (Å²) >= 11 is 0. The monoisotopic (exact) mass is 366 g/mol. The van der Waals surface area contributed by atoms with Crippen LogP contribution in [0.2, 0.25) is 0 Å². The van der Waals surface area contributed by atoms with Crippen LogP contribution in [0.3, 0.4) is 0 Å². The van der Waals surface area contributed by atoms with Gasteiger partial charge >= 0.3 is 0 Å². The van der Waals surface area contributed by atoms with Gasteiger partial charge in [0, 0.05) is 25.2 Å². The van der Waals surface area contributed by atoms with Crippen molar-refractivity contribution in [3.63, 3.8) is 0 Å². The molecular weight excluding hydrogens is 336 g/mol. The Bertz CT molecular complexity index is 558. The fourth-order valence-corrected chi connectivity index (χ4v) is 2.91. The van der Waals surface area contributed by atoms with Crippen molar-refractivity contribution < 1.29 is 23.7 Å². The predicted molar refractivity (Wildman–Crippen MR) is 99.6 cm³/mol. The lowest BCUT2D eigenvalue weighted by Crippen LogP contribution is -2.40. The molecule has 7 heteroatoms. The van der Waals surface area contributed by atoms with Crippen molar-refractivity contribution in [2.75, 3.05) is 66.8 Å². The van der Waals surface area contributed by atoms with Crippen molar-refractivity contribution in [1.82, 2.24) is 9.80 Å². The minimum absolute atomic E-state index is 0.0559. The van der Waals surface area contributed by atoms with Gasteiger partial charge in [-0.3, -0.25) is 4.79 Å². The molecule has 2 rings (SSSR count). The highest BCUT2D eigenvalue weighted by Crippen LogP contribution is 2.39. The van der Waals surface area contributed by atoms with Crippen LogP contribution in [0, 0.1) is 0 Å². The normalized spacial score (nSPS) is 14.4. The quantitative estimate of drug-likeness (QED) is 0.665. The first kappa shape index (κ1) is 20.3. The molecule has 146 valence electrons. The maximum absolute atomic E-state index is 12.7. The third-order valence-electron chi connectivity index (χ3n) is 4.55. The van der Waals surface area contributed by atoms with Crippen LogP contribution in [-0.2, 0) is 4.74 Å². The average molecular weight is 366 g/mol. The van der Waals surface area contributed by atoms with E-state index in [0.29, 0.717) is 55.7 Å². The van der Waals surface area contributed by atoms with Gasteiger partial charge in [-0.2, -0.15) is 0 Å². The smallest absolute Gasteiger partial charge is 0.254 e. The number of rotatable bonds is 9. The molecule has 1 aromatic carbocycles. The van der Waals surface area contributed by atoms with E-state index in [9.17, 15) is 4.79 Å². The highest BCUT2D eigenvalue weighted by atomic mass is 16.5. The Balaban J connectivity index is 2.17. The second kappa shape index (κ2) is 10.2. The van der Waals surface area contributed by atoms with E-state index in [0.717, 1.165) is 19.6 Å². The van der Waals surface area contributed by atoms with Crippen molar-refractivity contribution in [3.05, 3.63) is 17.7 Å². The highest BCUT2D eigenvalue weighted by molar-refractivity contribution is 5.95. The zero-order chi connectivity index (χ0) is 18.9. The molecule has 0 bridgehead atoms. The number of amides is 1. The van der Waals surface area contributed by atoms with Gasteiger partial charge in [-0.25, -0.2) is 0 Å². The molecule has 0 radical (unpaired) electrons. The van der Waals surface area contributed by atoms with E-state index in [1.807, 2.05) is 0 Å². The van der Waals surface area contributed by atoms with Gasteiger partial charge in [0.15, 0.2) is 11.5 Å². The lowest BCUT2D eigenvalue weighted by Gasteiger charge is -2.27. The minimum atomic E-state index is -0.0559. The van der Waals surface area contributed by atoms with Crippen LogP contribution < -0.4 is 14.2 Å². The van der Waals surface area contributed by atoms with Crippen LogP contribution in [0.5, 0.6) is 17.2 Å². The molecule has 0 atom stereocenters. The number of methoxy groups -OCH3 is 2. The molecule has 0 unspecified atom stereocenters. The van der Waals surface area contributed by atoms with Gasteiger partial charge < -0.3 is 28.7 Å². The lowest BCUT2D eigenvalue weighted by atomic mass is 10.1. The summed E-state index contributed by atoms with van der Waals surface area (Å²) in [5, 5.41) is 0. The highest BCUT2D eigenvalue weighted by Gasteiger charge is 2.23. The maximum Gasteiger partial charge on any atom is 0.254 e. The van der Waals surface area contributed by atoms with Crippen LogP contribution in [0.1, 0.15) is 24.2 Å². The number of benzene rings is 1. The van der Waals surface area contributed by atoms with Crippen LogP contribution >= 0.6 is 0 Å². The number of ether oxygens (including phenoxy) is 4. The Labute approximate surface area is 155 Å². The van der Waals surface area contributed by atoms with Crippen LogP contribution in [-0.4, -0.2) is 82.5 Å². The molecule has 1 aromatic rings. The van der Waals surface area contributed by atoms with Gasteiger partial charge in [0.1, 0.15) is 6.61 Å². The molecule has 0 saturated carbocycles. The SMILES string of the molecule is CCN(CC)CCOc1c(OC)cc(C(=O)N2CCOCC2)cc1OC. The van der Waals surface area contributed by atoms with E-state index < -0.39 is 0 Å². The molecule has 7 nitrogen and oxygen atoms in total. The van der Waals surface area contributed by atoms with Gasteiger partial charge in [-0.1, -0.05) is 13.8 Å². The van der Waals surface area contributed by atoms with E-state index in [-0.39, 0.29) is 5.91 Å². The molecule has 1 saturated heterocycles. The number of hydrogen-bond donors (Lipinski definition) is 0. The number of carbonyl (C=O) groups is 1. The second-order valence-electron chi connectivity index (χ2n) is 5.99. The Morgan fingerprint density at radius 1 is 1.12 bits per heavy atom. The van der Waals surface area contributed by atoms with Gasteiger partial charge in [0.05, 0.1) is 27.4 Å². The number of likely N-dealkylation sites (N-methyl/N-ethyl adjacent to an activating group) is 1. The van der Waals surface area contributed by atoms with E-state index in [2.05, 4.69) is 18.7 Å². The fraction of sp³-hybridized carbons (Fsp3) is 0.632. The molecule has 1 amide bonds. The third-order valence-corrected chi connectivity index (χ3v) is 4.55. The van der Waals surface area contributed by atoms with Gasteiger partial charge in [-0.15, -0.1) is 0 Å². The molecule has 1 fully saturated rings. The molecule has 0 N–H and O–H groups in total. The summed E-state index contributed by atoms with van der Waals surface area (Å²) in [7, 11) is 3.13. The largest absolute Gasteiger partial charge is 0.493 e. The second-order valence-corrected chi connectivity index (χ2v) is 5.99. The predicted octanol–water partition coefficient (Wildman–Crippen LogP) is 1.90. The summed E-state index contributed by atoms with van der Waals surface area (Å²) in [6.45, 7) is 9.82. The summed E-state index contributed by atoms with van der Waals surface area (Å²) in [6, 6.07) is 3.43. The number of hydrogen-bond acceptors (Lipinski definition) is 6. The summed E-state index contributed by atoms with van der Waals surface area (Å²) in [6.07, 6.45) is 0. The zero-order valence-corrected chi connectivity index (χ0v) is 16.2. The molecular formula is C19H30N2O5. The molecule has 0 aromatic heterocycles. The first-order valence-electron chi connectivity index (χ1n) is 9.12. The van der Waals surface area contributed by atoms with E-state index >= 15 is 0 Å². The van der Waals surface area contributed by atoms with Crippen LogP contribution in [0.4, 0.5) is 0 Å². The summed E-state index contributed by atoms with van der Waals surface area (Å²) < 4.78 is 22.2. The minimum Gasteiger partial charge on any atom is -0.493 e. The van der Waals surface area contributed by atoms with Gasteiger partial charge in [0.2, 0.25) is 5.75 Å². The maximum atomic E-state index is 12.7. The Morgan fingerprint density at radius 2 is 1.69 bits per heavy atom. The van der Waals surface area contributed by atoms with Gasteiger partial charge in [0.25, 0.3) is 5.91 Å². The number of morpholine rings is 1. The molecule has 0 aliphatic carbocycles. The molecule has 1 aliphatic heterocycles. The van der Waals surface area contributed by atoms with Crippen molar-refractivity contribution >= 4 is 5.91 Å². The molecule has 0 spiro atoms. The first-order valence-corrected chi connectivity index (χ1v) is 9.12. The molecule has 26 heavy (non-hydrogen) atoms. The lowest BCUT2D eigenvalue weighted by molar-refractivity contribution is 0.0302. The van der Waals surface area contributed by atoms with Crippen molar-refractivity contribution in [2.45, 2.75) is 13.8 Å². The summed E-state index contributed by atoms with van der Waals surface area (Å²) in [4.78, 5) is 16.8. The van der Waals surface area contributed by atoms with E-state index in [1.54, 1.807) is 31.3 Å². The van der Waals surface area contributed by atoms with Crippen LogP contribution in [0.15, 0.2) is 12.1 Å². The van der Waals surface area contributed by atoms with Gasteiger partial charge in [-0.05, 0) is 25.2 Å². The van der Waals surface area contributed by atoms with Crippen molar-refractivity contribution in [1.29, 1.82) is 0 Å². The molecule has 1 aliphatic rings. The Kier molecular flexibility index (Phi) is 8.00. The Hall–Kier alpha value is -1.99. The summed E-state index contributed by atoms with van der Waals surface area (Å²) in [5.74, 6) is 1.47. The topological polar surface area (TPSA) is 60.5 Å². The number of nitrogens with zero attached hydrogens (tertiary/aromatic N) is 2. The third kappa shape index (κ3) is 5.02. The number of carbonyl (C=O) groups excluding carboxylic acids is 1. The standard InChI is InChI=1S/C19H30N2O5/c1-5-20(6-2)7-12-26-18-16(23-3)13-15(14-17(18)24-4)19(22)21-8-10-25-11-9-21/h13-14H,5-12H2,1-4H3. The average Bonchev–Trinajstić information content (AvgIpc) is 2.70. The zero-order valence-electron chi connectivity index (χ0n) is 16.2. The van der Waals surface area contributed by atoms with E-state index in [1.165, 1.54) is 0 Å².